The molecule has 0 heterocycles. The van der Waals surface area contributed by atoms with Gasteiger partial charge in [-0.3, -0.25) is 8.74 Å². The summed E-state index contributed by atoms with van der Waals surface area (Å²) < 4.78 is 29.7. The lowest BCUT2D eigenvalue weighted by molar-refractivity contribution is 0.282. The van der Waals surface area contributed by atoms with Crippen LogP contribution < -0.4 is 0 Å². The van der Waals surface area contributed by atoms with E-state index in [1.54, 1.807) is 0 Å². The second-order valence-electron chi connectivity index (χ2n) is 5.56. The van der Waals surface area contributed by atoms with Crippen molar-refractivity contribution in [2.45, 2.75) is 90.4 Å². The van der Waals surface area contributed by atoms with Crippen LogP contribution in [0, 0.1) is 0 Å². The summed E-state index contributed by atoms with van der Waals surface area (Å²) in [6.45, 7) is 2.65. The molecule has 0 radical (unpaired) electrons. The zero-order valence-electron chi connectivity index (χ0n) is 14.4. The second-order valence-corrected chi connectivity index (χ2v) is 6.75. The van der Waals surface area contributed by atoms with Gasteiger partial charge in [-0.2, -0.15) is 8.42 Å². The Balaban J connectivity index is 0. The maximum Gasteiger partial charge on any atom is 0.397 e. The highest BCUT2D eigenvalue weighted by Crippen LogP contribution is 2.12. The van der Waals surface area contributed by atoms with Crippen LogP contribution in [0.15, 0.2) is 0 Å². The van der Waals surface area contributed by atoms with E-state index in [2.05, 4.69) is 11.1 Å². The Hall–Kier alpha value is -0.170. The van der Waals surface area contributed by atoms with Crippen molar-refractivity contribution in [1.29, 1.82) is 0 Å². The average Bonchev–Trinajstić information content (AvgIpc) is 2.48. The molecule has 0 aromatic carbocycles. The van der Waals surface area contributed by atoms with E-state index in [4.69, 9.17) is 9.66 Å². The lowest BCUT2D eigenvalue weighted by Crippen LogP contribution is -1.96. The van der Waals surface area contributed by atoms with Crippen molar-refractivity contribution in [3.8, 4) is 0 Å². The molecular weight excluding hydrogens is 304 g/mol. The maximum absolute atomic E-state index is 9.33. The zero-order chi connectivity index (χ0) is 17.1. The molecule has 0 aliphatic carbocycles. The van der Waals surface area contributed by atoms with E-state index in [1.165, 1.54) is 77.0 Å². The number of aliphatic hydroxyl groups excluding tert-OH is 1. The van der Waals surface area contributed by atoms with E-state index in [0.717, 1.165) is 13.5 Å². The molecular formula is C16H36O5S. The zero-order valence-corrected chi connectivity index (χ0v) is 15.2. The Morgan fingerprint density at radius 2 is 1.00 bits per heavy atom. The van der Waals surface area contributed by atoms with Crippen LogP contribution in [-0.2, 0) is 14.6 Å². The van der Waals surface area contributed by atoms with Gasteiger partial charge in [-0.15, -0.1) is 0 Å². The topological polar surface area (TPSA) is 83.8 Å². The first-order chi connectivity index (χ1) is 10.5. The van der Waals surface area contributed by atoms with Gasteiger partial charge in [-0.25, -0.2) is 0 Å². The van der Waals surface area contributed by atoms with Crippen molar-refractivity contribution in [1.82, 2.24) is 0 Å². The van der Waals surface area contributed by atoms with E-state index >= 15 is 0 Å². The predicted octanol–water partition coefficient (Wildman–Crippen LogP) is 4.51. The van der Waals surface area contributed by atoms with Gasteiger partial charge in [0.05, 0.1) is 7.11 Å². The second kappa shape index (κ2) is 18.9. The molecule has 0 aromatic heterocycles. The van der Waals surface area contributed by atoms with E-state index in [-0.39, 0.29) is 0 Å². The van der Waals surface area contributed by atoms with Crippen LogP contribution >= 0.6 is 0 Å². The average molecular weight is 341 g/mol. The number of hydrogen-bond donors (Lipinski definition) is 2. The fraction of sp³-hybridized carbons (Fsp3) is 1.00. The van der Waals surface area contributed by atoms with Crippen LogP contribution in [0.1, 0.15) is 90.4 Å². The molecule has 0 bridgehead atoms. The molecule has 5 nitrogen and oxygen atoms in total. The largest absolute Gasteiger partial charge is 0.397 e. The summed E-state index contributed by atoms with van der Waals surface area (Å²) in [5.74, 6) is 0. The summed E-state index contributed by atoms with van der Waals surface area (Å²) in [4.78, 5) is 0. The molecule has 0 amide bonds. The third-order valence-corrected chi connectivity index (χ3v) is 3.89. The SMILES string of the molecule is CCCCCCCCCCCCCCCO.COS(=O)(=O)O. The molecule has 0 aliphatic heterocycles. The Morgan fingerprint density at radius 1 is 0.727 bits per heavy atom. The normalized spacial score (nSPS) is 11.1. The van der Waals surface area contributed by atoms with Crippen molar-refractivity contribution in [3.05, 3.63) is 0 Å². The standard InChI is InChI=1S/C15H32O.CH4O4S/c1-2-3-4-5-6-7-8-9-10-11-12-13-14-15-16;1-5-6(2,3)4/h16H,2-15H2,1H3;1H3,(H,2,3,4). The summed E-state index contributed by atoms with van der Waals surface area (Å²) in [6.07, 6.45) is 17.7. The summed E-state index contributed by atoms with van der Waals surface area (Å²) in [6, 6.07) is 0. The highest BCUT2D eigenvalue weighted by Gasteiger charge is 1.94. The fourth-order valence-corrected chi connectivity index (χ4v) is 2.13. The van der Waals surface area contributed by atoms with Crippen molar-refractivity contribution in [2.75, 3.05) is 13.7 Å². The van der Waals surface area contributed by atoms with Gasteiger partial charge in [-0.1, -0.05) is 84.0 Å². The highest BCUT2D eigenvalue weighted by molar-refractivity contribution is 7.80. The molecule has 136 valence electrons. The Morgan fingerprint density at radius 3 is 1.23 bits per heavy atom. The van der Waals surface area contributed by atoms with Gasteiger partial charge in [0.25, 0.3) is 0 Å². The van der Waals surface area contributed by atoms with Gasteiger partial charge in [-0.05, 0) is 6.42 Å². The van der Waals surface area contributed by atoms with E-state index in [1.807, 2.05) is 0 Å². The summed E-state index contributed by atoms with van der Waals surface area (Å²) in [5, 5.41) is 8.63. The molecule has 2 N–H and O–H groups in total. The molecule has 6 heteroatoms. The van der Waals surface area contributed by atoms with Crippen molar-refractivity contribution >= 4 is 10.4 Å². The van der Waals surface area contributed by atoms with Crippen LogP contribution in [0.4, 0.5) is 0 Å². The van der Waals surface area contributed by atoms with Gasteiger partial charge >= 0.3 is 10.4 Å². The van der Waals surface area contributed by atoms with Gasteiger partial charge in [0.2, 0.25) is 0 Å². The van der Waals surface area contributed by atoms with E-state index < -0.39 is 10.4 Å². The van der Waals surface area contributed by atoms with Gasteiger partial charge in [0.15, 0.2) is 0 Å². The van der Waals surface area contributed by atoms with Crippen molar-refractivity contribution < 1.29 is 22.3 Å². The van der Waals surface area contributed by atoms with Crippen LogP contribution in [0.25, 0.3) is 0 Å². The lowest BCUT2D eigenvalue weighted by Gasteiger charge is -2.02. The Kier molecular flexibility index (Phi) is 20.7. The maximum atomic E-state index is 9.33. The third kappa shape index (κ3) is 28.1. The quantitative estimate of drug-likeness (QED) is 0.359. The van der Waals surface area contributed by atoms with E-state index in [9.17, 15) is 8.42 Å². The third-order valence-electron chi connectivity index (χ3n) is 3.47. The fourth-order valence-electron chi connectivity index (χ4n) is 2.13. The smallest absolute Gasteiger partial charge is 0.396 e. The molecule has 0 rings (SSSR count). The van der Waals surface area contributed by atoms with Gasteiger partial charge in [0, 0.05) is 6.61 Å². The first-order valence-corrected chi connectivity index (χ1v) is 9.98. The molecule has 0 atom stereocenters. The lowest BCUT2D eigenvalue weighted by atomic mass is 10.0. The highest BCUT2D eigenvalue weighted by atomic mass is 32.3. The van der Waals surface area contributed by atoms with Gasteiger partial charge in [0.1, 0.15) is 0 Å². The minimum Gasteiger partial charge on any atom is -0.396 e. The monoisotopic (exact) mass is 340 g/mol. The van der Waals surface area contributed by atoms with Crippen LogP contribution in [0.5, 0.6) is 0 Å². The predicted molar refractivity (Wildman–Crippen MR) is 91.3 cm³/mol. The molecule has 0 spiro atoms. The Bertz CT molecular complexity index is 277. The molecule has 22 heavy (non-hydrogen) atoms. The van der Waals surface area contributed by atoms with Crippen LogP contribution in [0.2, 0.25) is 0 Å². The molecule has 0 aliphatic rings. The Labute approximate surface area is 137 Å². The molecule has 0 saturated heterocycles. The first kappa shape index (κ1) is 24.1. The van der Waals surface area contributed by atoms with Gasteiger partial charge < -0.3 is 5.11 Å². The van der Waals surface area contributed by atoms with Crippen molar-refractivity contribution in [3.63, 3.8) is 0 Å². The number of unbranched alkanes of at least 4 members (excludes halogenated alkanes) is 12. The minimum atomic E-state index is -4.16. The van der Waals surface area contributed by atoms with Crippen molar-refractivity contribution in [2.24, 2.45) is 0 Å². The number of aliphatic hydroxyl groups is 1. The molecule has 0 fully saturated rings. The first-order valence-electron chi connectivity index (χ1n) is 8.61. The minimum absolute atomic E-state index is 0.373. The molecule has 0 aromatic rings. The van der Waals surface area contributed by atoms with Crippen LogP contribution in [-0.4, -0.2) is 31.8 Å². The molecule has 0 saturated carbocycles. The molecule has 0 unspecified atom stereocenters. The summed E-state index contributed by atoms with van der Waals surface area (Å²) in [7, 11) is -3.29. The number of rotatable bonds is 14. The summed E-state index contributed by atoms with van der Waals surface area (Å²) >= 11 is 0. The van der Waals surface area contributed by atoms with E-state index in [0.29, 0.717) is 6.61 Å². The summed E-state index contributed by atoms with van der Waals surface area (Å²) in [5.41, 5.74) is 0. The van der Waals surface area contributed by atoms with Crippen LogP contribution in [0.3, 0.4) is 0 Å². The number of hydrogen-bond acceptors (Lipinski definition) is 4.